The molecule has 1 unspecified atom stereocenters. The van der Waals surface area contributed by atoms with E-state index in [2.05, 4.69) is 5.32 Å². The summed E-state index contributed by atoms with van der Waals surface area (Å²) in [6.07, 6.45) is 1.67. The molecule has 0 bridgehead atoms. The van der Waals surface area contributed by atoms with Gasteiger partial charge in [-0.3, -0.25) is 9.59 Å². The number of esters is 1. The Balaban J connectivity index is 1.52. The minimum absolute atomic E-state index is 0.0234. The molecule has 1 atom stereocenters. The summed E-state index contributed by atoms with van der Waals surface area (Å²) < 4.78 is 44.7. The first kappa shape index (κ1) is 19.8. The predicted molar refractivity (Wildman–Crippen MR) is 94.6 cm³/mol. The number of amides is 1. The molecule has 1 heterocycles. The van der Waals surface area contributed by atoms with Crippen molar-refractivity contribution in [3.05, 3.63) is 30.1 Å². The summed E-state index contributed by atoms with van der Waals surface area (Å²) in [5.74, 6) is -1.73. The van der Waals surface area contributed by atoms with E-state index in [-0.39, 0.29) is 29.9 Å². The Morgan fingerprint density at radius 1 is 1.15 bits per heavy atom. The molecular formula is C18H23FN2O5S. The van der Waals surface area contributed by atoms with Crippen LogP contribution >= 0.6 is 0 Å². The topological polar surface area (TPSA) is 92.8 Å². The number of nitrogens with one attached hydrogen (secondary N) is 1. The van der Waals surface area contributed by atoms with Crippen molar-refractivity contribution in [3.8, 4) is 0 Å². The van der Waals surface area contributed by atoms with Crippen LogP contribution in [0.2, 0.25) is 0 Å². The van der Waals surface area contributed by atoms with Crippen LogP contribution < -0.4 is 5.32 Å². The van der Waals surface area contributed by atoms with Gasteiger partial charge in [-0.05, 0) is 56.9 Å². The Labute approximate surface area is 157 Å². The minimum atomic E-state index is -3.72. The van der Waals surface area contributed by atoms with Crippen LogP contribution in [0.15, 0.2) is 29.2 Å². The van der Waals surface area contributed by atoms with Gasteiger partial charge in [0.25, 0.3) is 5.91 Å². The van der Waals surface area contributed by atoms with E-state index in [0.717, 1.165) is 25.0 Å². The number of hydrogen-bond acceptors (Lipinski definition) is 5. The van der Waals surface area contributed by atoms with Crippen molar-refractivity contribution in [1.29, 1.82) is 0 Å². The van der Waals surface area contributed by atoms with Gasteiger partial charge in [-0.15, -0.1) is 0 Å². The van der Waals surface area contributed by atoms with Gasteiger partial charge in [0.2, 0.25) is 10.0 Å². The lowest BCUT2D eigenvalue weighted by atomic mass is 9.98. The molecule has 7 nitrogen and oxygen atoms in total. The molecule has 1 aromatic rings. The lowest BCUT2D eigenvalue weighted by molar-refractivity contribution is -0.159. The first-order chi connectivity index (χ1) is 12.8. The van der Waals surface area contributed by atoms with Gasteiger partial charge >= 0.3 is 5.97 Å². The van der Waals surface area contributed by atoms with Gasteiger partial charge in [-0.25, -0.2) is 12.8 Å². The molecule has 9 heteroatoms. The molecule has 1 saturated carbocycles. The van der Waals surface area contributed by atoms with Crippen molar-refractivity contribution in [1.82, 2.24) is 9.62 Å². The molecule has 1 aliphatic carbocycles. The summed E-state index contributed by atoms with van der Waals surface area (Å²) in [6.45, 7) is 1.87. The molecule has 2 fully saturated rings. The SMILES string of the molecule is CC(OC(=O)C1CCN(S(=O)(=O)c2ccc(F)cc2)CC1)C(=O)NC1CC1. The number of nitrogens with zero attached hydrogens (tertiary/aromatic N) is 1. The van der Waals surface area contributed by atoms with Crippen molar-refractivity contribution in [2.24, 2.45) is 5.92 Å². The second kappa shape index (κ2) is 7.93. The molecule has 0 spiro atoms. The number of rotatable bonds is 6. The third-order valence-corrected chi connectivity index (χ3v) is 6.74. The normalized spacial score (nSPS) is 20.1. The van der Waals surface area contributed by atoms with Crippen molar-refractivity contribution in [2.45, 2.75) is 49.6 Å². The number of carbonyl (C=O) groups is 2. The van der Waals surface area contributed by atoms with E-state index in [4.69, 9.17) is 4.74 Å². The molecule has 0 aromatic heterocycles. The Morgan fingerprint density at radius 3 is 2.30 bits per heavy atom. The van der Waals surface area contributed by atoms with Gasteiger partial charge in [0.05, 0.1) is 10.8 Å². The van der Waals surface area contributed by atoms with Crippen LogP contribution in [-0.4, -0.2) is 49.8 Å². The molecule has 1 amide bonds. The quantitative estimate of drug-likeness (QED) is 0.732. The highest BCUT2D eigenvalue weighted by molar-refractivity contribution is 7.89. The Kier molecular flexibility index (Phi) is 5.81. The second-order valence-corrected chi connectivity index (χ2v) is 8.93. The summed E-state index contributed by atoms with van der Waals surface area (Å²) in [5, 5.41) is 2.78. The maximum Gasteiger partial charge on any atom is 0.309 e. The largest absolute Gasteiger partial charge is 0.452 e. The van der Waals surface area contributed by atoms with Crippen molar-refractivity contribution in [3.63, 3.8) is 0 Å². The summed E-state index contributed by atoms with van der Waals surface area (Å²) in [4.78, 5) is 24.2. The first-order valence-corrected chi connectivity index (χ1v) is 10.5. The fourth-order valence-corrected chi connectivity index (χ4v) is 4.43. The maximum absolute atomic E-state index is 13.0. The van der Waals surface area contributed by atoms with E-state index >= 15 is 0 Å². The molecule has 1 N–H and O–H groups in total. The molecular weight excluding hydrogens is 375 g/mol. The van der Waals surface area contributed by atoms with Crippen LogP contribution in [-0.2, 0) is 24.3 Å². The first-order valence-electron chi connectivity index (χ1n) is 9.04. The summed E-state index contributed by atoms with van der Waals surface area (Å²) in [6, 6.07) is 4.85. The number of sulfonamides is 1. The van der Waals surface area contributed by atoms with Gasteiger partial charge in [0.1, 0.15) is 5.82 Å². The average Bonchev–Trinajstić information content (AvgIpc) is 3.46. The maximum atomic E-state index is 13.0. The average molecular weight is 398 g/mol. The minimum Gasteiger partial charge on any atom is -0.452 e. The van der Waals surface area contributed by atoms with Gasteiger partial charge in [-0.2, -0.15) is 4.31 Å². The zero-order valence-electron chi connectivity index (χ0n) is 15.1. The molecule has 148 valence electrons. The number of ether oxygens (including phenoxy) is 1. The Hall–Kier alpha value is -2.00. The van der Waals surface area contributed by atoms with Crippen LogP contribution in [0, 0.1) is 11.7 Å². The van der Waals surface area contributed by atoms with E-state index in [1.807, 2.05) is 0 Å². The third kappa shape index (κ3) is 4.84. The zero-order valence-corrected chi connectivity index (χ0v) is 15.9. The molecule has 1 aliphatic heterocycles. The molecule has 27 heavy (non-hydrogen) atoms. The highest BCUT2D eigenvalue weighted by Gasteiger charge is 2.34. The lowest BCUT2D eigenvalue weighted by Gasteiger charge is -2.30. The third-order valence-electron chi connectivity index (χ3n) is 4.82. The van der Waals surface area contributed by atoms with Crippen LogP contribution in [0.4, 0.5) is 4.39 Å². The van der Waals surface area contributed by atoms with Gasteiger partial charge in [-0.1, -0.05) is 0 Å². The number of piperidine rings is 1. The van der Waals surface area contributed by atoms with E-state index in [0.29, 0.717) is 12.8 Å². The van der Waals surface area contributed by atoms with E-state index < -0.39 is 33.8 Å². The van der Waals surface area contributed by atoms with Crippen molar-refractivity contribution < 1.29 is 27.1 Å². The monoisotopic (exact) mass is 398 g/mol. The van der Waals surface area contributed by atoms with Crippen LogP contribution in [0.25, 0.3) is 0 Å². The summed E-state index contributed by atoms with van der Waals surface area (Å²) in [7, 11) is -3.72. The van der Waals surface area contributed by atoms with Crippen LogP contribution in [0.1, 0.15) is 32.6 Å². The molecule has 1 saturated heterocycles. The molecule has 3 rings (SSSR count). The highest BCUT2D eigenvalue weighted by Crippen LogP contribution is 2.25. The number of benzene rings is 1. The Bertz CT molecular complexity index is 800. The van der Waals surface area contributed by atoms with Crippen LogP contribution in [0.3, 0.4) is 0 Å². The fourth-order valence-electron chi connectivity index (χ4n) is 2.96. The number of carbonyl (C=O) groups excluding carboxylic acids is 2. The molecule has 2 aliphatic rings. The van der Waals surface area contributed by atoms with E-state index in [1.54, 1.807) is 0 Å². The Morgan fingerprint density at radius 2 is 1.74 bits per heavy atom. The van der Waals surface area contributed by atoms with Crippen molar-refractivity contribution >= 4 is 21.9 Å². The standard InChI is InChI=1S/C18H23FN2O5S/c1-12(17(22)20-15-4-5-15)26-18(23)13-8-10-21(11-9-13)27(24,25)16-6-2-14(19)3-7-16/h2-3,6-7,12-13,15H,4-5,8-11H2,1H3,(H,20,22). The highest BCUT2D eigenvalue weighted by atomic mass is 32.2. The summed E-state index contributed by atoms with van der Waals surface area (Å²) >= 11 is 0. The number of halogens is 1. The van der Waals surface area contributed by atoms with Gasteiger partial charge in [0, 0.05) is 19.1 Å². The number of hydrogen-bond donors (Lipinski definition) is 1. The van der Waals surface area contributed by atoms with Crippen LogP contribution in [0.5, 0.6) is 0 Å². The molecule has 0 radical (unpaired) electrons. The smallest absolute Gasteiger partial charge is 0.309 e. The summed E-state index contributed by atoms with van der Waals surface area (Å²) in [5.41, 5.74) is 0. The lowest BCUT2D eigenvalue weighted by Crippen LogP contribution is -2.42. The van der Waals surface area contributed by atoms with Gasteiger partial charge in [0.15, 0.2) is 6.10 Å². The van der Waals surface area contributed by atoms with E-state index in [9.17, 15) is 22.4 Å². The van der Waals surface area contributed by atoms with Crippen molar-refractivity contribution in [2.75, 3.05) is 13.1 Å². The second-order valence-electron chi connectivity index (χ2n) is 6.99. The zero-order chi connectivity index (χ0) is 19.6. The van der Waals surface area contributed by atoms with E-state index in [1.165, 1.54) is 23.4 Å². The molecule has 1 aromatic carbocycles. The predicted octanol–water partition coefficient (Wildman–Crippen LogP) is 1.44. The fraction of sp³-hybridized carbons (Fsp3) is 0.556. The van der Waals surface area contributed by atoms with Gasteiger partial charge < -0.3 is 10.1 Å².